The molecule has 1 aliphatic rings. The predicted molar refractivity (Wildman–Crippen MR) is 112 cm³/mol. The number of ether oxygens (including phenoxy) is 1. The number of carbonyl (C=O) groups excluding carboxylic acids is 1. The highest BCUT2D eigenvalue weighted by molar-refractivity contribution is 5.84. The molecule has 0 aliphatic carbocycles. The lowest BCUT2D eigenvalue weighted by Crippen LogP contribution is -2.17. The molecule has 0 atom stereocenters. The summed E-state index contributed by atoms with van der Waals surface area (Å²) < 4.78 is 21.4. The van der Waals surface area contributed by atoms with Crippen LogP contribution in [0.1, 0.15) is 16.8 Å². The number of aromatic nitrogens is 6. The van der Waals surface area contributed by atoms with Crippen molar-refractivity contribution in [2.75, 3.05) is 10.2 Å². The average molecular weight is 434 g/mol. The molecule has 1 aliphatic heterocycles. The SMILES string of the molecule is Cn1nnc(N2Cc3cn(-c4ccc(NC(=O)OCc5ccccc5)cc4F)nc3C2)n1. The van der Waals surface area contributed by atoms with Crippen LogP contribution in [0, 0.1) is 5.82 Å². The van der Waals surface area contributed by atoms with Crippen LogP contribution < -0.4 is 10.2 Å². The summed E-state index contributed by atoms with van der Waals surface area (Å²) in [6.45, 7) is 1.21. The molecule has 1 amide bonds. The Morgan fingerprint density at radius 3 is 2.72 bits per heavy atom. The second-order valence-electron chi connectivity index (χ2n) is 7.33. The molecule has 0 saturated heterocycles. The minimum Gasteiger partial charge on any atom is -0.444 e. The van der Waals surface area contributed by atoms with Crippen molar-refractivity contribution in [2.24, 2.45) is 7.05 Å². The minimum absolute atomic E-state index is 0.132. The molecule has 11 heteroatoms. The van der Waals surface area contributed by atoms with Crippen LogP contribution in [0.2, 0.25) is 0 Å². The first kappa shape index (κ1) is 19.7. The van der Waals surface area contributed by atoms with E-state index in [0.717, 1.165) is 16.8 Å². The fourth-order valence-corrected chi connectivity index (χ4v) is 3.47. The second-order valence-corrected chi connectivity index (χ2v) is 7.33. The molecule has 0 bridgehead atoms. The van der Waals surface area contributed by atoms with Gasteiger partial charge in [0, 0.05) is 24.0 Å². The van der Waals surface area contributed by atoms with Crippen LogP contribution in [0.5, 0.6) is 0 Å². The summed E-state index contributed by atoms with van der Waals surface area (Å²) in [7, 11) is 1.70. The Kier molecular flexibility index (Phi) is 4.98. The van der Waals surface area contributed by atoms with E-state index in [1.807, 2.05) is 35.2 Å². The van der Waals surface area contributed by atoms with Crippen LogP contribution in [-0.4, -0.2) is 36.1 Å². The molecule has 0 radical (unpaired) electrons. The summed E-state index contributed by atoms with van der Waals surface area (Å²) in [4.78, 5) is 15.3. The summed E-state index contributed by atoms with van der Waals surface area (Å²) in [6, 6.07) is 13.7. The number of nitrogens with zero attached hydrogens (tertiary/aromatic N) is 7. The summed E-state index contributed by atoms with van der Waals surface area (Å²) in [6.07, 6.45) is 1.13. The molecule has 2 aromatic carbocycles. The molecular formula is C21H19FN8O2. The zero-order chi connectivity index (χ0) is 22.1. The topological polar surface area (TPSA) is 103 Å². The van der Waals surface area contributed by atoms with Crippen LogP contribution in [0.25, 0.3) is 5.69 Å². The van der Waals surface area contributed by atoms with Crippen molar-refractivity contribution in [1.82, 2.24) is 30.0 Å². The Hall–Kier alpha value is -4.28. The number of aryl methyl sites for hydroxylation is 1. The van der Waals surface area contributed by atoms with Gasteiger partial charge in [-0.25, -0.2) is 13.9 Å². The van der Waals surface area contributed by atoms with E-state index in [9.17, 15) is 9.18 Å². The van der Waals surface area contributed by atoms with Gasteiger partial charge in [0.1, 0.15) is 12.3 Å². The summed E-state index contributed by atoms with van der Waals surface area (Å²) in [5.41, 5.74) is 3.23. The van der Waals surface area contributed by atoms with Crippen molar-refractivity contribution in [3.8, 4) is 5.69 Å². The highest BCUT2D eigenvalue weighted by Crippen LogP contribution is 2.27. The fourth-order valence-electron chi connectivity index (χ4n) is 3.47. The Balaban J connectivity index is 1.23. The third-order valence-corrected chi connectivity index (χ3v) is 5.01. The number of tetrazole rings is 1. The molecule has 0 unspecified atom stereocenters. The van der Waals surface area contributed by atoms with Crippen molar-refractivity contribution in [2.45, 2.75) is 19.7 Å². The number of anilines is 2. The highest BCUT2D eigenvalue weighted by atomic mass is 19.1. The number of hydrogen-bond acceptors (Lipinski definition) is 7. The van der Waals surface area contributed by atoms with Gasteiger partial charge in [0.25, 0.3) is 5.95 Å². The number of amides is 1. The fraction of sp³-hybridized carbons (Fsp3) is 0.190. The Morgan fingerprint density at radius 1 is 1.16 bits per heavy atom. The highest BCUT2D eigenvalue weighted by Gasteiger charge is 2.26. The largest absolute Gasteiger partial charge is 0.444 e. The third-order valence-electron chi connectivity index (χ3n) is 5.01. The molecule has 0 fully saturated rings. The van der Waals surface area contributed by atoms with E-state index in [1.54, 1.807) is 25.4 Å². The van der Waals surface area contributed by atoms with E-state index in [4.69, 9.17) is 4.74 Å². The lowest BCUT2D eigenvalue weighted by Gasteiger charge is -2.12. The number of carbonyl (C=O) groups is 1. The lowest BCUT2D eigenvalue weighted by molar-refractivity contribution is 0.155. The first-order valence-electron chi connectivity index (χ1n) is 9.89. The van der Waals surface area contributed by atoms with Gasteiger partial charge in [0.2, 0.25) is 0 Å². The van der Waals surface area contributed by atoms with Gasteiger partial charge in [0.15, 0.2) is 5.82 Å². The lowest BCUT2D eigenvalue weighted by atomic mass is 10.2. The van der Waals surface area contributed by atoms with Gasteiger partial charge in [-0.2, -0.15) is 9.90 Å². The first-order chi connectivity index (χ1) is 15.5. The van der Waals surface area contributed by atoms with Gasteiger partial charge in [-0.05, 0) is 29.0 Å². The number of fused-ring (bicyclic) bond motifs is 1. The smallest absolute Gasteiger partial charge is 0.411 e. The molecule has 2 aromatic heterocycles. The molecule has 10 nitrogen and oxygen atoms in total. The molecular weight excluding hydrogens is 415 g/mol. The standard InChI is InChI=1S/C21H19FN8O2/c1-28-26-20(24-27-28)29-10-15-11-30(25-18(15)12-29)19-8-7-16(9-17(19)22)23-21(31)32-13-14-5-3-2-4-6-14/h2-9,11H,10,12-13H2,1H3,(H,23,31). The van der Waals surface area contributed by atoms with E-state index in [1.165, 1.54) is 15.5 Å². The number of rotatable bonds is 5. The summed E-state index contributed by atoms with van der Waals surface area (Å²) >= 11 is 0. The normalized spacial score (nSPS) is 12.6. The van der Waals surface area contributed by atoms with Gasteiger partial charge in [-0.1, -0.05) is 35.4 Å². The first-order valence-corrected chi connectivity index (χ1v) is 9.89. The number of halogens is 1. The maximum Gasteiger partial charge on any atom is 0.411 e. The Labute approximate surface area is 182 Å². The molecule has 162 valence electrons. The number of benzene rings is 2. The molecule has 4 aromatic rings. The molecule has 5 rings (SSSR count). The van der Waals surface area contributed by atoms with Gasteiger partial charge >= 0.3 is 6.09 Å². The number of nitrogens with one attached hydrogen (secondary N) is 1. The van der Waals surface area contributed by atoms with E-state index in [2.05, 4.69) is 25.8 Å². The molecule has 1 N–H and O–H groups in total. The van der Waals surface area contributed by atoms with Crippen molar-refractivity contribution < 1.29 is 13.9 Å². The zero-order valence-electron chi connectivity index (χ0n) is 17.1. The van der Waals surface area contributed by atoms with Gasteiger partial charge in [-0.3, -0.25) is 5.32 Å². The van der Waals surface area contributed by atoms with E-state index in [0.29, 0.717) is 24.7 Å². The van der Waals surface area contributed by atoms with Crippen LogP contribution in [0.15, 0.2) is 54.7 Å². The second kappa shape index (κ2) is 8.10. The van der Waals surface area contributed by atoms with Gasteiger partial charge in [-0.15, -0.1) is 5.10 Å². The summed E-state index contributed by atoms with van der Waals surface area (Å²) in [5, 5.41) is 19.1. The van der Waals surface area contributed by atoms with Gasteiger partial charge in [0.05, 0.1) is 19.3 Å². The van der Waals surface area contributed by atoms with Crippen molar-refractivity contribution in [1.29, 1.82) is 0 Å². The van der Waals surface area contributed by atoms with E-state index in [-0.39, 0.29) is 12.3 Å². The zero-order valence-corrected chi connectivity index (χ0v) is 17.1. The molecule has 0 spiro atoms. The monoisotopic (exact) mass is 434 g/mol. The van der Waals surface area contributed by atoms with Gasteiger partial charge < -0.3 is 9.64 Å². The quantitative estimate of drug-likeness (QED) is 0.515. The van der Waals surface area contributed by atoms with Crippen molar-refractivity contribution >= 4 is 17.7 Å². The molecule has 0 saturated carbocycles. The maximum atomic E-state index is 14.7. The average Bonchev–Trinajstić information content (AvgIpc) is 3.48. The van der Waals surface area contributed by atoms with Crippen LogP contribution in [-0.2, 0) is 31.5 Å². The van der Waals surface area contributed by atoms with Crippen molar-refractivity contribution in [3.63, 3.8) is 0 Å². The van der Waals surface area contributed by atoms with Crippen LogP contribution >= 0.6 is 0 Å². The Morgan fingerprint density at radius 2 is 2.00 bits per heavy atom. The predicted octanol–water partition coefficient (Wildman–Crippen LogP) is 2.80. The van der Waals surface area contributed by atoms with Crippen molar-refractivity contribution in [3.05, 3.63) is 77.4 Å². The van der Waals surface area contributed by atoms with Crippen LogP contribution in [0.3, 0.4) is 0 Å². The Bertz CT molecular complexity index is 1250. The number of hydrogen-bond donors (Lipinski definition) is 1. The maximum absolute atomic E-state index is 14.7. The molecule has 32 heavy (non-hydrogen) atoms. The van der Waals surface area contributed by atoms with E-state index < -0.39 is 11.9 Å². The minimum atomic E-state index is -0.656. The van der Waals surface area contributed by atoms with Crippen LogP contribution in [0.4, 0.5) is 20.8 Å². The summed E-state index contributed by atoms with van der Waals surface area (Å²) in [5.74, 6) is 0.0114. The third kappa shape index (κ3) is 4.00. The van der Waals surface area contributed by atoms with E-state index >= 15 is 0 Å². The molecule has 3 heterocycles.